The number of rotatable bonds is 15. The number of carbonyl (C=O) groups is 3. The monoisotopic (exact) mass is 669 g/mol. The third-order valence-corrected chi connectivity index (χ3v) is 9.72. The number of benzene rings is 4. The van der Waals surface area contributed by atoms with E-state index < -0.39 is 23.4 Å². The van der Waals surface area contributed by atoms with Gasteiger partial charge in [0, 0.05) is 34.6 Å². The largest absolute Gasteiger partial charge is 0.496 e. The summed E-state index contributed by atoms with van der Waals surface area (Å²) in [7, 11) is 4.69. The molecule has 0 aromatic heterocycles. The van der Waals surface area contributed by atoms with E-state index in [4.69, 9.17) is 23.7 Å². The van der Waals surface area contributed by atoms with Crippen LogP contribution in [0.1, 0.15) is 52.7 Å². The van der Waals surface area contributed by atoms with Gasteiger partial charge in [0.2, 0.25) is 0 Å². The summed E-state index contributed by atoms with van der Waals surface area (Å²) in [6.45, 7) is 2.08. The van der Waals surface area contributed by atoms with E-state index in [0.29, 0.717) is 35.7 Å². The Balaban J connectivity index is 1.39. The number of hydrogen-bond donors (Lipinski definition) is 1. The van der Waals surface area contributed by atoms with Gasteiger partial charge in [0.15, 0.2) is 6.29 Å². The average Bonchev–Trinajstić information content (AvgIpc) is 3.44. The topological polar surface area (TPSA) is 109 Å². The van der Waals surface area contributed by atoms with Crippen molar-refractivity contribution in [1.29, 1.82) is 0 Å². The highest BCUT2D eigenvalue weighted by Gasteiger charge is 2.34. The number of hydrogen-bond acceptors (Lipinski definition) is 9. The van der Waals surface area contributed by atoms with Gasteiger partial charge in [0.1, 0.15) is 35.6 Å². The molecule has 4 aromatic rings. The summed E-state index contributed by atoms with van der Waals surface area (Å²) in [5.41, 5.74) is 5.37. The Morgan fingerprint density at radius 1 is 0.833 bits per heavy atom. The fourth-order valence-corrected chi connectivity index (χ4v) is 7.39. The number of aldehydes is 1. The number of ether oxygens (including phenoxy) is 5. The number of fused-ring (bicyclic) bond motifs is 3. The van der Waals surface area contributed by atoms with E-state index in [1.165, 1.54) is 11.8 Å². The minimum Gasteiger partial charge on any atom is -0.496 e. The van der Waals surface area contributed by atoms with Crippen molar-refractivity contribution in [3.05, 3.63) is 107 Å². The summed E-state index contributed by atoms with van der Waals surface area (Å²) in [5.74, 6) is 1.35. The van der Waals surface area contributed by atoms with Gasteiger partial charge < -0.3 is 29.0 Å². The Hall–Kier alpha value is -4.96. The number of carbonyl (C=O) groups excluding carboxylic acids is 3. The lowest BCUT2D eigenvalue weighted by Gasteiger charge is -2.27. The van der Waals surface area contributed by atoms with Crippen LogP contribution in [0.3, 0.4) is 0 Å². The smallest absolute Gasteiger partial charge is 0.407 e. The van der Waals surface area contributed by atoms with Crippen LogP contribution >= 0.6 is 11.8 Å². The van der Waals surface area contributed by atoms with Crippen LogP contribution < -0.4 is 24.3 Å². The summed E-state index contributed by atoms with van der Waals surface area (Å²) >= 11 is 1.45. The van der Waals surface area contributed by atoms with Crippen molar-refractivity contribution >= 4 is 30.1 Å². The van der Waals surface area contributed by atoms with Gasteiger partial charge in [-0.1, -0.05) is 74.0 Å². The van der Waals surface area contributed by atoms with Gasteiger partial charge in [-0.15, -0.1) is 0 Å². The van der Waals surface area contributed by atoms with Crippen LogP contribution in [0.4, 0.5) is 4.79 Å². The zero-order valence-electron chi connectivity index (χ0n) is 27.4. The SMILES string of the molecule is CCCC(SCc1c(OC)cc(OC)cc1OC)[C@H](NC(=O)OCC1c2ccccc2-c2ccccc21)C(=O)Oc1ccccc1C=O. The number of nitrogens with one attached hydrogen (secondary N) is 1. The highest BCUT2D eigenvalue weighted by Crippen LogP contribution is 2.44. The van der Waals surface area contributed by atoms with Crippen LogP contribution in [0.25, 0.3) is 11.1 Å². The number of para-hydroxylation sites is 1. The van der Waals surface area contributed by atoms with Crippen molar-refractivity contribution in [3.8, 4) is 34.1 Å². The molecule has 0 spiro atoms. The van der Waals surface area contributed by atoms with Crippen molar-refractivity contribution in [2.75, 3.05) is 27.9 Å². The third-order valence-electron chi connectivity index (χ3n) is 8.33. The molecule has 2 atom stereocenters. The Morgan fingerprint density at radius 3 is 2.02 bits per heavy atom. The number of amides is 1. The number of thioether (sulfide) groups is 1. The molecule has 250 valence electrons. The minimum absolute atomic E-state index is 0.0848. The normalized spacial score (nSPS) is 13.0. The molecule has 1 unspecified atom stereocenters. The molecule has 0 heterocycles. The highest BCUT2D eigenvalue weighted by atomic mass is 32.2. The van der Waals surface area contributed by atoms with Crippen LogP contribution in [-0.2, 0) is 15.3 Å². The standard InChI is InChI=1S/C38H39NO8S/c1-5-12-35(48-23-31-33(44-3)19-25(43-2)20-34(31)45-4)36(37(41)47-32-18-11-6-13-24(32)21-40)39-38(42)46-22-30-28-16-9-7-14-26(28)27-15-8-10-17-29(27)30/h6-11,13-21,30,35-36H,5,12,22-23H2,1-4H3,(H,39,42)/t35?,36-/m0/s1. The quantitative estimate of drug-likeness (QED) is 0.0785. The molecule has 0 aliphatic heterocycles. The van der Waals surface area contributed by atoms with E-state index in [1.807, 2.05) is 43.3 Å². The molecule has 5 rings (SSSR count). The predicted octanol–water partition coefficient (Wildman–Crippen LogP) is 7.44. The molecule has 10 heteroatoms. The zero-order valence-corrected chi connectivity index (χ0v) is 28.2. The van der Waals surface area contributed by atoms with Crippen LogP contribution in [0.15, 0.2) is 84.9 Å². The van der Waals surface area contributed by atoms with Crippen molar-refractivity contribution in [3.63, 3.8) is 0 Å². The molecule has 1 amide bonds. The predicted molar refractivity (Wildman–Crippen MR) is 186 cm³/mol. The van der Waals surface area contributed by atoms with Gasteiger partial charge in [-0.3, -0.25) is 4.79 Å². The first-order valence-corrected chi connectivity index (χ1v) is 16.7. The Labute approximate surface area is 284 Å². The fourth-order valence-electron chi connectivity index (χ4n) is 5.95. The summed E-state index contributed by atoms with van der Waals surface area (Å²) in [6, 6.07) is 25.0. The summed E-state index contributed by atoms with van der Waals surface area (Å²) in [6.07, 6.45) is 1.15. The first-order chi connectivity index (χ1) is 23.4. The average molecular weight is 670 g/mol. The summed E-state index contributed by atoms with van der Waals surface area (Å²) < 4.78 is 28.3. The molecule has 1 aliphatic carbocycles. The minimum atomic E-state index is -1.11. The maximum Gasteiger partial charge on any atom is 0.407 e. The zero-order chi connectivity index (χ0) is 34.0. The Bertz CT molecular complexity index is 1690. The van der Waals surface area contributed by atoms with E-state index in [0.717, 1.165) is 34.2 Å². The molecule has 0 saturated carbocycles. The van der Waals surface area contributed by atoms with Crippen LogP contribution in [0.2, 0.25) is 0 Å². The maximum atomic E-state index is 13.9. The summed E-state index contributed by atoms with van der Waals surface area (Å²) in [4.78, 5) is 39.1. The molecule has 48 heavy (non-hydrogen) atoms. The molecule has 9 nitrogen and oxygen atoms in total. The number of esters is 1. The van der Waals surface area contributed by atoms with E-state index in [1.54, 1.807) is 57.7 Å². The van der Waals surface area contributed by atoms with Crippen LogP contribution in [-0.4, -0.2) is 57.6 Å². The lowest BCUT2D eigenvalue weighted by atomic mass is 9.98. The van der Waals surface area contributed by atoms with E-state index in [2.05, 4.69) is 17.4 Å². The molecular weight excluding hydrogens is 630 g/mol. The van der Waals surface area contributed by atoms with Gasteiger partial charge in [0.05, 0.1) is 26.9 Å². The van der Waals surface area contributed by atoms with Gasteiger partial charge in [-0.25, -0.2) is 9.59 Å². The van der Waals surface area contributed by atoms with Gasteiger partial charge in [-0.05, 0) is 40.8 Å². The van der Waals surface area contributed by atoms with E-state index in [9.17, 15) is 14.4 Å². The van der Waals surface area contributed by atoms with Gasteiger partial charge in [-0.2, -0.15) is 11.8 Å². The lowest BCUT2D eigenvalue weighted by molar-refractivity contribution is -0.136. The molecule has 1 N–H and O–H groups in total. The van der Waals surface area contributed by atoms with Crippen LogP contribution in [0, 0.1) is 0 Å². The molecular formula is C38H39NO8S. The van der Waals surface area contributed by atoms with E-state index >= 15 is 0 Å². The van der Waals surface area contributed by atoms with Crippen molar-refractivity contribution < 1.29 is 38.1 Å². The van der Waals surface area contributed by atoms with Gasteiger partial charge in [0.25, 0.3) is 0 Å². The molecule has 0 fully saturated rings. The maximum absolute atomic E-state index is 13.9. The number of alkyl carbamates (subject to hydrolysis) is 1. The van der Waals surface area contributed by atoms with Crippen molar-refractivity contribution in [2.45, 2.75) is 42.7 Å². The molecule has 0 saturated heterocycles. The first-order valence-electron chi connectivity index (χ1n) is 15.7. The summed E-state index contributed by atoms with van der Waals surface area (Å²) in [5, 5.41) is 2.37. The second-order valence-electron chi connectivity index (χ2n) is 11.2. The van der Waals surface area contributed by atoms with Crippen molar-refractivity contribution in [2.24, 2.45) is 0 Å². The highest BCUT2D eigenvalue weighted by molar-refractivity contribution is 7.99. The van der Waals surface area contributed by atoms with Crippen LogP contribution in [0.5, 0.6) is 23.0 Å². The van der Waals surface area contributed by atoms with Crippen molar-refractivity contribution in [1.82, 2.24) is 5.32 Å². The molecule has 0 radical (unpaired) electrons. The number of methoxy groups -OCH3 is 3. The van der Waals surface area contributed by atoms with Gasteiger partial charge >= 0.3 is 12.1 Å². The second-order valence-corrected chi connectivity index (χ2v) is 12.4. The molecule has 1 aliphatic rings. The Morgan fingerprint density at radius 2 is 1.44 bits per heavy atom. The fraction of sp³-hybridized carbons (Fsp3) is 0.289. The lowest BCUT2D eigenvalue weighted by Crippen LogP contribution is -2.49. The first kappa shape index (κ1) is 34.4. The van der Waals surface area contributed by atoms with E-state index in [-0.39, 0.29) is 23.8 Å². The second kappa shape index (κ2) is 16.2. The molecule has 0 bridgehead atoms. The third kappa shape index (κ3) is 7.60. The Kier molecular flexibility index (Phi) is 11.6. The molecule has 4 aromatic carbocycles.